The predicted octanol–water partition coefficient (Wildman–Crippen LogP) is 1.93. The van der Waals surface area contributed by atoms with Gasteiger partial charge in [0.15, 0.2) is 0 Å². The van der Waals surface area contributed by atoms with Gasteiger partial charge in [-0.05, 0) is 28.5 Å². The van der Waals surface area contributed by atoms with Gasteiger partial charge in [0, 0.05) is 12.7 Å². The van der Waals surface area contributed by atoms with Crippen LogP contribution < -0.4 is 0 Å². The first-order valence-electron chi connectivity index (χ1n) is 4.36. The van der Waals surface area contributed by atoms with Crippen molar-refractivity contribution < 1.29 is 9.53 Å². The van der Waals surface area contributed by atoms with E-state index in [4.69, 9.17) is 0 Å². The quantitative estimate of drug-likeness (QED) is 0.633. The lowest BCUT2D eigenvalue weighted by Gasteiger charge is -2.02. The van der Waals surface area contributed by atoms with Crippen LogP contribution in [0.3, 0.4) is 0 Å². The monoisotopic (exact) mass is 308 g/mol. The average molecular weight is 308 g/mol. The molecule has 78 valence electrons. The second-order valence-corrected chi connectivity index (χ2v) is 4.46. The minimum atomic E-state index is -0.329. The van der Waals surface area contributed by atoms with Crippen LogP contribution >= 0.6 is 22.6 Å². The maximum Gasteiger partial charge on any atom is 0.342 e. The van der Waals surface area contributed by atoms with Crippen LogP contribution in [0.2, 0.25) is 0 Å². The number of carbonyl (C=O) groups is 1. The van der Waals surface area contributed by atoms with Gasteiger partial charge in [-0.2, -0.15) is 5.10 Å². The molecule has 0 aliphatic heterocycles. The highest BCUT2D eigenvalue weighted by Gasteiger charge is 2.14. The lowest BCUT2D eigenvalue weighted by atomic mass is 10.2. The van der Waals surface area contributed by atoms with Crippen molar-refractivity contribution in [2.75, 3.05) is 7.11 Å². The lowest BCUT2D eigenvalue weighted by Crippen LogP contribution is -2.05. The summed E-state index contributed by atoms with van der Waals surface area (Å²) in [4.78, 5) is 11.3. The van der Waals surface area contributed by atoms with Crippen molar-refractivity contribution in [3.05, 3.63) is 15.5 Å². The fourth-order valence-corrected chi connectivity index (χ4v) is 1.75. The van der Waals surface area contributed by atoms with E-state index in [0.717, 1.165) is 6.54 Å². The van der Waals surface area contributed by atoms with E-state index in [2.05, 4.69) is 23.7 Å². The summed E-state index contributed by atoms with van der Waals surface area (Å²) in [6.07, 6.45) is 1.73. The molecule has 0 bridgehead atoms. The SMILES string of the molecule is COC(=O)c1cn(CC(C)C)nc1I. The van der Waals surface area contributed by atoms with Crippen LogP contribution in [0.4, 0.5) is 0 Å². The molecule has 0 aliphatic rings. The van der Waals surface area contributed by atoms with Crippen LogP contribution in [0.5, 0.6) is 0 Å². The number of esters is 1. The molecule has 0 saturated heterocycles. The molecule has 14 heavy (non-hydrogen) atoms. The van der Waals surface area contributed by atoms with Gasteiger partial charge < -0.3 is 4.74 Å². The second-order valence-electron chi connectivity index (χ2n) is 3.44. The van der Waals surface area contributed by atoms with E-state index in [9.17, 15) is 4.79 Å². The second kappa shape index (κ2) is 4.77. The molecule has 0 saturated carbocycles. The fourth-order valence-electron chi connectivity index (χ4n) is 1.11. The van der Waals surface area contributed by atoms with E-state index < -0.39 is 0 Å². The van der Waals surface area contributed by atoms with E-state index in [1.165, 1.54) is 7.11 Å². The zero-order valence-corrected chi connectivity index (χ0v) is 10.6. The van der Waals surface area contributed by atoms with Crippen molar-refractivity contribution >= 4 is 28.6 Å². The number of halogens is 1. The highest BCUT2D eigenvalue weighted by molar-refractivity contribution is 14.1. The number of ether oxygens (including phenoxy) is 1. The van der Waals surface area contributed by atoms with Gasteiger partial charge >= 0.3 is 5.97 Å². The molecule has 0 unspecified atom stereocenters. The third-order valence-corrected chi connectivity index (χ3v) is 2.47. The van der Waals surface area contributed by atoms with Gasteiger partial charge in [0.05, 0.1) is 7.11 Å². The van der Waals surface area contributed by atoms with Crippen molar-refractivity contribution in [2.45, 2.75) is 20.4 Å². The lowest BCUT2D eigenvalue weighted by molar-refractivity contribution is 0.0599. The van der Waals surface area contributed by atoms with Crippen LogP contribution in [0.15, 0.2) is 6.20 Å². The zero-order valence-electron chi connectivity index (χ0n) is 8.45. The average Bonchev–Trinajstić information content (AvgIpc) is 2.44. The van der Waals surface area contributed by atoms with Crippen LogP contribution in [-0.4, -0.2) is 22.9 Å². The fraction of sp³-hybridized carbons (Fsp3) is 0.556. The Bertz CT molecular complexity index is 334. The van der Waals surface area contributed by atoms with Gasteiger partial charge in [0.1, 0.15) is 9.26 Å². The largest absolute Gasteiger partial charge is 0.465 e. The molecule has 5 heteroatoms. The Balaban J connectivity index is 2.87. The Labute approximate surface area is 96.8 Å². The summed E-state index contributed by atoms with van der Waals surface area (Å²) in [7, 11) is 1.37. The molecule has 0 amide bonds. The summed E-state index contributed by atoms with van der Waals surface area (Å²) in [5, 5.41) is 4.22. The minimum absolute atomic E-state index is 0.329. The molecule has 0 fully saturated rings. The van der Waals surface area contributed by atoms with Crippen molar-refractivity contribution in [3.63, 3.8) is 0 Å². The Morgan fingerprint density at radius 1 is 1.71 bits per heavy atom. The summed E-state index contributed by atoms with van der Waals surface area (Å²) in [5.41, 5.74) is 0.536. The minimum Gasteiger partial charge on any atom is -0.465 e. The van der Waals surface area contributed by atoms with Gasteiger partial charge in [0.2, 0.25) is 0 Å². The van der Waals surface area contributed by atoms with E-state index >= 15 is 0 Å². The van der Waals surface area contributed by atoms with Crippen LogP contribution in [-0.2, 0) is 11.3 Å². The number of rotatable bonds is 3. The molecule has 0 radical (unpaired) electrons. The molecule has 1 heterocycles. The van der Waals surface area contributed by atoms with E-state index in [-0.39, 0.29) is 5.97 Å². The number of aromatic nitrogens is 2. The maximum atomic E-state index is 11.3. The third-order valence-electron chi connectivity index (χ3n) is 1.67. The molecule has 0 atom stereocenters. The van der Waals surface area contributed by atoms with Crippen molar-refractivity contribution in [1.29, 1.82) is 0 Å². The summed E-state index contributed by atoms with van der Waals surface area (Å²) in [6.45, 7) is 5.02. The summed E-state index contributed by atoms with van der Waals surface area (Å²) in [5.74, 6) is 0.181. The topological polar surface area (TPSA) is 44.1 Å². The molecule has 1 aromatic heterocycles. The van der Waals surface area contributed by atoms with Gasteiger partial charge in [-0.15, -0.1) is 0 Å². The molecule has 0 aliphatic carbocycles. The van der Waals surface area contributed by atoms with E-state index in [1.54, 1.807) is 10.9 Å². The standard InChI is InChI=1S/C9H13IN2O2/c1-6(2)4-12-5-7(8(10)11-12)9(13)14-3/h5-6H,4H2,1-3H3. The number of methoxy groups -OCH3 is 1. The smallest absolute Gasteiger partial charge is 0.342 e. The molecular weight excluding hydrogens is 295 g/mol. The summed E-state index contributed by atoms with van der Waals surface area (Å²) in [6, 6.07) is 0. The number of hydrogen-bond acceptors (Lipinski definition) is 3. The van der Waals surface area contributed by atoms with Gasteiger partial charge in [-0.25, -0.2) is 4.79 Å². The first-order chi connectivity index (χ1) is 6.54. The van der Waals surface area contributed by atoms with Gasteiger partial charge in [0.25, 0.3) is 0 Å². The van der Waals surface area contributed by atoms with Crippen LogP contribution in [0.1, 0.15) is 24.2 Å². The molecular formula is C9H13IN2O2. The van der Waals surface area contributed by atoms with Crippen molar-refractivity contribution in [3.8, 4) is 0 Å². The van der Waals surface area contributed by atoms with Crippen LogP contribution in [0, 0.1) is 9.62 Å². The normalized spacial score (nSPS) is 10.6. The van der Waals surface area contributed by atoms with E-state index in [1.807, 2.05) is 22.6 Å². The highest BCUT2D eigenvalue weighted by atomic mass is 127. The Morgan fingerprint density at radius 3 is 2.86 bits per heavy atom. The third kappa shape index (κ3) is 2.70. The molecule has 0 aromatic carbocycles. The Morgan fingerprint density at radius 2 is 2.36 bits per heavy atom. The molecule has 1 aromatic rings. The summed E-state index contributed by atoms with van der Waals surface area (Å²) >= 11 is 2.03. The number of nitrogens with zero attached hydrogens (tertiary/aromatic N) is 2. The molecule has 0 N–H and O–H groups in total. The first kappa shape index (κ1) is 11.5. The molecule has 4 nitrogen and oxygen atoms in total. The highest BCUT2D eigenvalue weighted by Crippen LogP contribution is 2.12. The Hall–Kier alpha value is -0.590. The van der Waals surface area contributed by atoms with Gasteiger partial charge in [-0.1, -0.05) is 13.8 Å². The van der Waals surface area contributed by atoms with Crippen molar-refractivity contribution in [2.24, 2.45) is 5.92 Å². The zero-order chi connectivity index (χ0) is 10.7. The van der Waals surface area contributed by atoms with Crippen LogP contribution in [0.25, 0.3) is 0 Å². The number of carbonyl (C=O) groups excluding carboxylic acids is 1. The first-order valence-corrected chi connectivity index (χ1v) is 5.43. The predicted molar refractivity (Wildman–Crippen MR) is 61.1 cm³/mol. The maximum absolute atomic E-state index is 11.3. The number of hydrogen-bond donors (Lipinski definition) is 0. The van der Waals surface area contributed by atoms with Crippen molar-refractivity contribution in [1.82, 2.24) is 9.78 Å². The molecule has 0 spiro atoms. The Kier molecular flexibility index (Phi) is 3.91. The van der Waals surface area contributed by atoms with E-state index in [0.29, 0.717) is 15.2 Å². The summed E-state index contributed by atoms with van der Waals surface area (Å²) < 4.78 is 7.10. The van der Waals surface area contributed by atoms with Gasteiger partial charge in [-0.3, -0.25) is 4.68 Å². The molecule has 1 rings (SSSR count).